The minimum Gasteiger partial charge on any atom is -0.494 e. The Morgan fingerprint density at radius 3 is 2.47 bits per heavy atom. The van der Waals surface area contributed by atoms with Crippen molar-refractivity contribution in [1.82, 2.24) is 10.6 Å². The minimum atomic E-state index is -0.825. The van der Waals surface area contributed by atoms with Crippen molar-refractivity contribution in [2.24, 2.45) is 17.8 Å². The number of ketones is 2. The number of amides is 2. The number of unbranched alkanes of at least 4 members (excludes halogenated alkanes) is 3. The Morgan fingerprint density at radius 2 is 1.82 bits per heavy atom. The van der Waals surface area contributed by atoms with E-state index in [0.29, 0.717) is 38.2 Å². The maximum atomic E-state index is 13.6. The first kappa shape index (κ1) is 31.5. The fraction of sp³-hybridized carbons (Fsp3) is 0.667. The molecule has 0 aliphatic carbocycles. The molecule has 2 heterocycles. The van der Waals surface area contributed by atoms with Crippen LogP contribution >= 0.6 is 0 Å². The molecule has 3 N–H and O–H groups in total. The molecule has 2 bridgehead atoms. The van der Waals surface area contributed by atoms with E-state index in [-0.39, 0.29) is 48.6 Å². The first-order valence-corrected chi connectivity index (χ1v) is 14.2. The Bertz CT molecular complexity index is 899. The molecule has 8 heteroatoms. The number of aliphatic hydroxyl groups excluding tert-OH is 1. The van der Waals surface area contributed by atoms with E-state index in [2.05, 4.69) is 17.6 Å². The number of hydrogen-bond donors (Lipinski definition) is 3. The molecule has 2 amide bonds. The Morgan fingerprint density at radius 1 is 1.08 bits per heavy atom. The highest BCUT2D eigenvalue weighted by Crippen LogP contribution is 2.27. The summed E-state index contributed by atoms with van der Waals surface area (Å²) in [5, 5.41) is 15.4. The molecule has 1 aromatic carbocycles. The zero-order chi connectivity index (χ0) is 27.9. The summed E-state index contributed by atoms with van der Waals surface area (Å²) in [6.07, 6.45) is 5.99. The summed E-state index contributed by atoms with van der Waals surface area (Å²) in [5.74, 6) is -1.63. The van der Waals surface area contributed by atoms with Gasteiger partial charge in [0, 0.05) is 31.2 Å². The van der Waals surface area contributed by atoms with Gasteiger partial charge in [0.2, 0.25) is 11.8 Å². The fourth-order valence-corrected chi connectivity index (χ4v) is 4.92. The first-order chi connectivity index (χ1) is 18.2. The Balaban J connectivity index is 2.20. The van der Waals surface area contributed by atoms with Crippen LogP contribution < -0.4 is 15.4 Å². The second-order valence-corrected chi connectivity index (χ2v) is 10.7. The summed E-state index contributed by atoms with van der Waals surface area (Å²) in [6, 6.07) is 6.58. The molecule has 0 saturated heterocycles. The molecule has 0 spiro atoms. The molecule has 2 aliphatic rings. The molecule has 212 valence electrons. The maximum Gasteiger partial charge on any atom is 0.224 e. The minimum absolute atomic E-state index is 0.0147. The van der Waals surface area contributed by atoms with E-state index in [0.717, 1.165) is 31.2 Å². The van der Waals surface area contributed by atoms with Crippen LogP contribution in [0.4, 0.5) is 0 Å². The average Bonchev–Trinajstić information content (AvgIpc) is 2.90. The standard InChI is InChI=1S/C30H46N2O6/c1-4-5-6-7-16-31-29(36)15-14-27(34)26-19-22-10-12-23(13-11-22)38-17-8-9-24(28(35)20-33)25(18-21(2)3)30(37)32-26/h10-13,21,24-26,33H,4-9,14-20H2,1-3H3,(H,31,36)(H,32,37)/t24-,25+,26-/m0/s1. The molecule has 1 aromatic rings. The predicted molar refractivity (Wildman–Crippen MR) is 147 cm³/mol. The third-order valence-electron chi connectivity index (χ3n) is 7.06. The van der Waals surface area contributed by atoms with Gasteiger partial charge in [0.1, 0.15) is 12.4 Å². The van der Waals surface area contributed by atoms with E-state index in [1.807, 2.05) is 38.1 Å². The van der Waals surface area contributed by atoms with Gasteiger partial charge in [0.05, 0.1) is 12.6 Å². The van der Waals surface area contributed by atoms with Gasteiger partial charge in [0.15, 0.2) is 11.6 Å². The van der Waals surface area contributed by atoms with Gasteiger partial charge in [-0.1, -0.05) is 52.2 Å². The normalized spacial score (nSPS) is 20.3. The summed E-state index contributed by atoms with van der Waals surface area (Å²) in [6.45, 7) is 6.45. The van der Waals surface area contributed by atoms with Crippen molar-refractivity contribution in [1.29, 1.82) is 0 Å². The molecule has 0 saturated carbocycles. The first-order valence-electron chi connectivity index (χ1n) is 14.2. The number of benzene rings is 1. The topological polar surface area (TPSA) is 122 Å². The van der Waals surface area contributed by atoms with Gasteiger partial charge in [-0.15, -0.1) is 0 Å². The second kappa shape index (κ2) is 17.0. The van der Waals surface area contributed by atoms with Gasteiger partial charge in [-0.05, 0) is 55.7 Å². The van der Waals surface area contributed by atoms with E-state index in [4.69, 9.17) is 4.74 Å². The lowest BCUT2D eigenvalue weighted by Gasteiger charge is -2.29. The van der Waals surface area contributed by atoms with Crippen molar-refractivity contribution in [2.45, 2.75) is 91.0 Å². The van der Waals surface area contributed by atoms with Gasteiger partial charge in [0.25, 0.3) is 0 Å². The summed E-state index contributed by atoms with van der Waals surface area (Å²) >= 11 is 0. The Kier molecular flexibility index (Phi) is 14.1. The number of Topliss-reactive ketones (excluding diaryl/α,β-unsaturated/α-hetero) is 2. The fourth-order valence-electron chi connectivity index (χ4n) is 4.92. The van der Waals surface area contributed by atoms with E-state index in [9.17, 15) is 24.3 Å². The Labute approximate surface area is 227 Å². The number of carbonyl (C=O) groups excluding carboxylic acids is 4. The number of carbonyl (C=O) groups is 4. The number of nitrogens with one attached hydrogen (secondary N) is 2. The number of hydrogen-bond acceptors (Lipinski definition) is 6. The molecular formula is C30H46N2O6. The van der Waals surface area contributed by atoms with Crippen LogP contribution in [0.3, 0.4) is 0 Å². The van der Waals surface area contributed by atoms with Crippen LogP contribution in [0.25, 0.3) is 0 Å². The number of rotatable bonds is 13. The monoisotopic (exact) mass is 530 g/mol. The van der Waals surface area contributed by atoms with Gasteiger partial charge in [-0.2, -0.15) is 0 Å². The SMILES string of the molecule is CCCCCCNC(=O)CCC(=O)[C@@H]1Cc2ccc(cc2)OCCC[C@H](C(=O)CO)[C@@H](CC(C)C)C(=O)N1. The molecule has 3 rings (SSSR count). The van der Waals surface area contributed by atoms with Crippen molar-refractivity contribution in [2.75, 3.05) is 19.8 Å². The van der Waals surface area contributed by atoms with Gasteiger partial charge < -0.3 is 20.5 Å². The highest BCUT2D eigenvalue weighted by Gasteiger charge is 2.35. The van der Waals surface area contributed by atoms with Crippen LogP contribution in [0, 0.1) is 17.8 Å². The summed E-state index contributed by atoms with van der Waals surface area (Å²) < 4.78 is 5.82. The van der Waals surface area contributed by atoms with E-state index < -0.39 is 24.5 Å². The zero-order valence-electron chi connectivity index (χ0n) is 23.3. The molecule has 8 nitrogen and oxygen atoms in total. The van der Waals surface area contributed by atoms with Crippen molar-refractivity contribution < 1.29 is 29.0 Å². The highest BCUT2D eigenvalue weighted by molar-refractivity contribution is 5.94. The van der Waals surface area contributed by atoms with Crippen LogP contribution in [0.2, 0.25) is 0 Å². The molecule has 0 aromatic heterocycles. The maximum absolute atomic E-state index is 13.6. The van der Waals surface area contributed by atoms with Crippen molar-refractivity contribution in [3.63, 3.8) is 0 Å². The van der Waals surface area contributed by atoms with Crippen molar-refractivity contribution in [3.8, 4) is 5.75 Å². The molecular weight excluding hydrogens is 484 g/mol. The predicted octanol–water partition coefficient (Wildman–Crippen LogP) is 3.77. The largest absolute Gasteiger partial charge is 0.494 e. The molecule has 3 atom stereocenters. The van der Waals surface area contributed by atoms with Gasteiger partial charge >= 0.3 is 0 Å². The highest BCUT2D eigenvalue weighted by atomic mass is 16.5. The van der Waals surface area contributed by atoms with Crippen LogP contribution in [0.15, 0.2) is 24.3 Å². The van der Waals surface area contributed by atoms with Crippen molar-refractivity contribution in [3.05, 3.63) is 29.8 Å². The lowest BCUT2D eigenvalue weighted by Crippen LogP contribution is -2.48. The zero-order valence-corrected chi connectivity index (χ0v) is 23.3. The smallest absolute Gasteiger partial charge is 0.224 e. The van der Waals surface area contributed by atoms with Crippen LogP contribution in [-0.4, -0.2) is 54.3 Å². The number of ether oxygens (including phenoxy) is 1. The lowest BCUT2D eigenvalue weighted by molar-refractivity contribution is -0.137. The average molecular weight is 531 g/mol. The second-order valence-electron chi connectivity index (χ2n) is 10.7. The molecule has 2 aliphatic heterocycles. The van der Waals surface area contributed by atoms with E-state index in [1.165, 1.54) is 0 Å². The summed E-state index contributed by atoms with van der Waals surface area (Å²) in [4.78, 5) is 51.9. The quantitative estimate of drug-likeness (QED) is 0.334. The number of aliphatic hydroxyl groups is 1. The molecule has 0 fully saturated rings. The van der Waals surface area contributed by atoms with Gasteiger partial charge in [-0.25, -0.2) is 0 Å². The third kappa shape index (κ3) is 10.9. The third-order valence-corrected chi connectivity index (χ3v) is 7.06. The molecule has 0 unspecified atom stereocenters. The van der Waals surface area contributed by atoms with Crippen LogP contribution in [0.1, 0.15) is 84.1 Å². The van der Waals surface area contributed by atoms with Gasteiger partial charge in [-0.3, -0.25) is 19.2 Å². The summed E-state index contributed by atoms with van der Waals surface area (Å²) in [7, 11) is 0. The van der Waals surface area contributed by atoms with Crippen LogP contribution in [0.5, 0.6) is 5.75 Å². The molecule has 38 heavy (non-hydrogen) atoms. The lowest BCUT2D eigenvalue weighted by atomic mass is 9.79. The molecule has 0 radical (unpaired) electrons. The Hall–Kier alpha value is -2.74. The van der Waals surface area contributed by atoms with E-state index >= 15 is 0 Å². The summed E-state index contributed by atoms with van der Waals surface area (Å²) in [5.41, 5.74) is 0.858. The number of fused-ring (bicyclic) bond motifs is 11. The van der Waals surface area contributed by atoms with Crippen LogP contribution in [-0.2, 0) is 25.6 Å². The van der Waals surface area contributed by atoms with E-state index in [1.54, 1.807) is 0 Å². The van der Waals surface area contributed by atoms with Crippen molar-refractivity contribution >= 4 is 23.4 Å².